The van der Waals surface area contributed by atoms with Gasteiger partial charge in [-0.2, -0.15) is 0 Å². The molecule has 1 heterocycles. The lowest BCUT2D eigenvalue weighted by atomic mass is 9.98. The first-order valence-electron chi connectivity index (χ1n) is 8.11. The van der Waals surface area contributed by atoms with Crippen LogP contribution in [0, 0.1) is 0 Å². The lowest BCUT2D eigenvalue weighted by Crippen LogP contribution is -2.14. The molecule has 0 fully saturated rings. The molecular weight excluding hydrogens is 332 g/mol. The van der Waals surface area contributed by atoms with Crippen molar-refractivity contribution in [2.45, 2.75) is 6.04 Å². The molecule has 2 N–H and O–H groups in total. The van der Waals surface area contributed by atoms with E-state index in [4.69, 9.17) is 24.7 Å². The second-order valence-corrected chi connectivity index (χ2v) is 5.72. The number of hydrogen-bond donors (Lipinski definition) is 1. The molecule has 6 heteroatoms. The zero-order chi connectivity index (χ0) is 18.7. The number of aromatic nitrogens is 1. The summed E-state index contributed by atoms with van der Waals surface area (Å²) < 4.78 is 21.5. The third-order valence-electron chi connectivity index (χ3n) is 4.36. The summed E-state index contributed by atoms with van der Waals surface area (Å²) in [6.45, 7) is 0. The van der Waals surface area contributed by atoms with Crippen LogP contribution in [0.25, 0.3) is 10.8 Å². The van der Waals surface area contributed by atoms with E-state index in [2.05, 4.69) is 4.98 Å². The third-order valence-corrected chi connectivity index (χ3v) is 4.36. The Morgan fingerprint density at radius 3 is 2.04 bits per heavy atom. The zero-order valence-corrected chi connectivity index (χ0v) is 15.3. The van der Waals surface area contributed by atoms with E-state index < -0.39 is 6.04 Å². The number of rotatable bonds is 6. The standard InChI is InChI=1S/C20H22N2O4/c1-23-15-6-5-13(10-16(15)24-2)19(21)20-14-11-18(26-4)17(25-3)9-12(14)7-8-22-20/h5-11,19H,21H2,1-4H3/t19-/m1/s1. The second-order valence-electron chi connectivity index (χ2n) is 5.72. The molecule has 136 valence electrons. The van der Waals surface area contributed by atoms with Gasteiger partial charge in [-0.25, -0.2) is 0 Å². The van der Waals surface area contributed by atoms with Crippen LogP contribution in [0.1, 0.15) is 17.3 Å². The predicted molar refractivity (Wildman–Crippen MR) is 100 cm³/mol. The molecule has 26 heavy (non-hydrogen) atoms. The normalized spacial score (nSPS) is 11.9. The largest absolute Gasteiger partial charge is 0.493 e. The summed E-state index contributed by atoms with van der Waals surface area (Å²) in [7, 11) is 6.42. The maximum Gasteiger partial charge on any atom is 0.161 e. The first-order chi connectivity index (χ1) is 12.6. The van der Waals surface area contributed by atoms with Gasteiger partial charge in [0.1, 0.15) is 0 Å². The molecule has 0 amide bonds. The van der Waals surface area contributed by atoms with E-state index in [-0.39, 0.29) is 0 Å². The van der Waals surface area contributed by atoms with Gasteiger partial charge in [0, 0.05) is 11.6 Å². The van der Waals surface area contributed by atoms with Crippen molar-refractivity contribution in [2.75, 3.05) is 28.4 Å². The van der Waals surface area contributed by atoms with E-state index in [1.165, 1.54) is 0 Å². The number of benzene rings is 2. The van der Waals surface area contributed by atoms with Crippen LogP contribution in [0.4, 0.5) is 0 Å². The highest BCUT2D eigenvalue weighted by Gasteiger charge is 2.18. The molecule has 0 spiro atoms. The van der Waals surface area contributed by atoms with Crippen molar-refractivity contribution in [3.8, 4) is 23.0 Å². The van der Waals surface area contributed by atoms with Gasteiger partial charge >= 0.3 is 0 Å². The monoisotopic (exact) mass is 354 g/mol. The van der Waals surface area contributed by atoms with Crippen LogP contribution in [-0.4, -0.2) is 33.4 Å². The first-order valence-corrected chi connectivity index (χ1v) is 8.11. The average molecular weight is 354 g/mol. The van der Waals surface area contributed by atoms with Gasteiger partial charge in [-0.05, 0) is 41.3 Å². The molecule has 0 unspecified atom stereocenters. The molecule has 0 saturated heterocycles. The van der Waals surface area contributed by atoms with E-state index in [9.17, 15) is 0 Å². The van der Waals surface area contributed by atoms with Crippen molar-refractivity contribution in [1.82, 2.24) is 4.98 Å². The van der Waals surface area contributed by atoms with Gasteiger partial charge in [-0.15, -0.1) is 0 Å². The second kappa shape index (κ2) is 7.49. The average Bonchev–Trinajstić information content (AvgIpc) is 2.70. The highest BCUT2D eigenvalue weighted by molar-refractivity contribution is 5.88. The van der Waals surface area contributed by atoms with E-state index in [0.29, 0.717) is 23.0 Å². The Bertz CT molecular complexity index is 927. The Hall–Kier alpha value is -2.99. The fourth-order valence-corrected chi connectivity index (χ4v) is 2.97. The van der Waals surface area contributed by atoms with Gasteiger partial charge < -0.3 is 24.7 Å². The maximum atomic E-state index is 6.53. The van der Waals surface area contributed by atoms with Gasteiger partial charge in [0.15, 0.2) is 23.0 Å². The zero-order valence-electron chi connectivity index (χ0n) is 15.3. The predicted octanol–water partition coefficient (Wildman–Crippen LogP) is 3.32. The van der Waals surface area contributed by atoms with Crippen molar-refractivity contribution in [1.29, 1.82) is 0 Å². The van der Waals surface area contributed by atoms with E-state index in [1.807, 2.05) is 36.4 Å². The number of pyridine rings is 1. The molecule has 1 aromatic heterocycles. The van der Waals surface area contributed by atoms with Crippen molar-refractivity contribution in [3.63, 3.8) is 0 Å². The molecule has 0 aliphatic rings. The number of nitrogens with zero attached hydrogens (tertiary/aromatic N) is 1. The fourth-order valence-electron chi connectivity index (χ4n) is 2.97. The molecule has 0 bridgehead atoms. The Morgan fingerprint density at radius 2 is 1.38 bits per heavy atom. The van der Waals surface area contributed by atoms with Crippen LogP contribution in [0.3, 0.4) is 0 Å². The molecule has 0 saturated carbocycles. The molecule has 2 aromatic carbocycles. The highest BCUT2D eigenvalue weighted by Crippen LogP contribution is 2.36. The summed E-state index contributed by atoms with van der Waals surface area (Å²) >= 11 is 0. The molecule has 3 rings (SSSR count). The van der Waals surface area contributed by atoms with Crippen LogP contribution in [-0.2, 0) is 0 Å². The lowest BCUT2D eigenvalue weighted by molar-refractivity contribution is 0.354. The molecule has 0 aliphatic carbocycles. The molecule has 3 aromatic rings. The lowest BCUT2D eigenvalue weighted by Gasteiger charge is -2.17. The van der Waals surface area contributed by atoms with Crippen molar-refractivity contribution in [2.24, 2.45) is 5.73 Å². The Labute approximate surface area is 152 Å². The van der Waals surface area contributed by atoms with Gasteiger partial charge in [0.2, 0.25) is 0 Å². The van der Waals surface area contributed by atoms with E-state index in [1.54, 1.807) is 34.6 Å². The minimum atomic E-state index is -0.434. The van der Waals surface area contributed by atoms with Crippen LogP contribution < -0.4 is 24.7 Å². The Balaban J connectivity index is 2.12. The maximum absolute atomic E-state index is 6.53. The molecular formula is C20H22N2O4. The smallest absolute Gasteiger partial charge is 0.161 e. The Morgan fingerprint density at radius 1 is 0.769 bits per heavy atom. The van der Waals surface area contributed by atoms with E-state index >= 15 is 0 Å². The molecule has 0 radical (unpaired) electrons. The summed E-state index contributed by atoms with van der Waals surface area (Å²) in [5.41, 5.74) is 8.15. The topological polar surface area (TPSA) is 75.8 Å². The number of nitrogens with two attached hydrogens (primary N) is 1. The molecule has 0 aliphatic heterocycles. The minimum absolute atomic E-state index is 0.434. The fraction of sp³-hybridized carbons (Fsp3) is 0.250. The van der Waals surface area contributed by atoms with Crippen molar-refractivity contribution < 1.29 is 18.9 Å². The number of fused-ring (bicyclic) bond motifs is 1. The van der Waals surface area contributed by atoms with Gasteiger partial charge in [0.05, 0.1) is 40.2 Å². The van der Waals surface area contributed by atoms with Crippen LogP contribution >= 0.6 is 0 Å². The number of hydrogen-bond acceptors (Lipinski definition) is 6. The van der Waals surface area contributed by atoms with Crippen molar-refractivity contribution >= 4 is 10.8 Å². The minimum Gasteiger partial charge on any atom is -0.493 e. The van der Waals surface area contributed by atoms with Crippen LogP contribution in [0.15, 0.2) is 42.6 Å². The summed E-state index contributed by atoms with van der Waals surface area (Å²) in [5, 5.41) is 1.89. The quantitative estimate of drug-likeness (QED) is 0.732. The SMILES string of the molecule is COc1ccc([C@@H](N)c2nccc3cc(OC)c(OC)cc23)cc1OC. The van der Waals surface area contributed by atoms with Gasteiger partial charge in [-0.1, -0.05) is 6.07 Å². The molecule has 6 nitrogen and oxygen atoms in total. The summed E-state index contributed by atoms with van der Waals surface area (Å²) in [6, 6.07) is 10.9. The van der Waals surface area contributed by atoms with Gasteiger partial charge in [-0.3, -0.25) is 4.98 Å². The van der Waals surface area contributed by atoms with Crippen LogP contribution in [0.5, 0.6) is 23.0 Å². The highest BCUT2D eigenvalue weighted by atomic mass is 16.5. The third kappa shape index (κ3) is 3.11. The van der Waals surface area contributed by atoms with E-state index in [0.717, 1.165) is 22.0 Å². The first kappa shape index (κ1) is 17.8. The van der Waals surface area contributed by atoms with Crippen molar-refractivity contribution in [3.05, 3.63) is 53.9 Å². The number of methoxy groups -OCH3 is 4. The summed E-state index contributed by atoms with van der Waals surface area (Å²) in [6.07, 6.45) is 1.74. The molecule has 1 atom stereocenters. The van der Waals surface area contributed by atoms with Gasteiger partial charge in [0.25, 0.3) is 0 Å². The Kier molecular flexibility index (Phi) is 5.14. The summed E-state index contributed by atoms with van der Waals surface area (Å²) in [5.74, 6) is 2.58. The summed E-state index contributed by atoms with van der Waals surface area (Å²) in [4.78, 5) is 4.52. The van der Waals surface area contributed by atoms with Crippen LogP contribution in [0.2, 0.25) is 0 Å². The number of ether oxygens (including phenoxy) is 4.